The number of furan rings is 1. The average Bonchev–Trinajstić information content (AvgIpc) is 2.81. The minimum absolute atomic E-state index is 0.00740. The molecular formula is C14H19NO4. The van der Waals surface area contributed by atoms with Crippen LogP contribution in [-0.2, 0) is 0 Å². The summed E-state index contributed by atoms with van der Waals surface area (Å²) >= 11 is 0. The van der Waals surface area contributed by atoms with Crippen LogP contribution in [0.2, 0.25) is 0 Å². The van der Waals surface area contributed by atoms with Gasteiger partial charge in [0.25, 0.3) is 5.91 Å². The minimum atomic E-state index is -1.09. The Balaban J connectivity index is 2.13. The first-order chi connectivity index (χ1) is 8.81. The van der Waals surface area contributed by atoms with Gasteiger partial charge >= 0.3 is 5.97 Å². The Hall–Kier alpha value is -1.78. The van der Waals surface area contributed by atoms with Gasteiger partial charge in [-0.25, -0.2) is 4.79 Å². The van der Waals surface area contributed by atoms with E-state index in [1.54, 1.807) is 4.90 Å². The summed E-state index contributed by atoms with van der Waals surface area (Å²) in [4.78, 5) is 24.8. The Labute approximate surface area is 112 Å². The van der Waals surface area contributed by atoms with Gasteiger partial charge < -0.3 is 14.4 Å². The molecule has 1 aromatic rings. The van der Waals surface area contributed by atoms with E-state index in [1.165, 1.54) is 6.07 Å². The molecule has 0 saturated carbocycles. The van der Waals surface area contributed by atoms with Crippen molar-refractivity contribution < 1.29 is 19.1 Å². The van der Waals surface area contributed by atoms with Crippen LogP contribution < -0.4 is 0 Å². The maximum Gasteiger partial charge on any atom is 0.338 e. The summed E-state index contributed by atoms with van der Waals surface area (Å²) in [5.74, 6) is -0.659. The first kappa shape index (κ1) is 13.6. The summed E-state index contributed by atoms with van der Waals surface area (Å²) in [6.45, 7) is 7.82. The second kappa shape index (κ2) is 4.72. The molecule has 1 atom stereocenters. The molecule has 1 aliphatic rings. The van der Waals surface area contributed by atoms with Crippen LogP contribution in [0.1, 0.15) is 48.1 Å². The third-order valence-electron chi connectivity index (χ3n) is 4.11. The number of hydrogen-bond acceptors (Lipinski definition) is 3. The molecule has 1 fully saturated rings. The predicted molar refractivity (Wildman–Crippen MR) is 69.1 cm³/mol. The van der Waals surface area contributed by atoms with E-state index in [1.807, 2.05) is 0 Å². The maximum absolute atomic E-state index is 12.3. The summed E-state index contributed by atoms with van der Waals surface area (Å²) in [5, 5.41) is 8.82. The van der Waals surface area contributed by atoms with E-state index in [9.17, 15) is 9.59 Å². The van der Waals surface area contributed by atoms with Crippen molar-refractivity contribution in [1.29, 1.82) is 0 Å². The van der Waals surface area contributed by atoms with Gasteiger partial charge in [-0.15, -0.1) is 0 Å². The molecule has 1 unspecified atom stereocenters. The molecule has 1 aliphatic heterocycles. The molecule has 0 bridgehead atoms. The highest BCUT2D eigenvalue weighted by Gasteiger charge is 2.35. The molecule has 1 amide bonds. The van der Waals surface area contributed by atoms with Crippen molar-refractivity contribution in [2.75, 3.05) is 13.1 Å². The highest BCUT2D eigenvalue weighted by Crippen LogP contribution is 2.34. The molecule has 5 nitrogen and oxygen atoms in total. The minimum Gasteiger partial charge on any atom is -0.478 e. The zero-order valence-electron chi connectivity index (χ0n) is 11.5. The summed E-state index contributed by atoms with van der Waals surface area (Å²) in [6.07, 6.45) is 2.05. The van der Waals surface area contributed by atoms with E-state index in [-0.39, 0.29) is 22.6 Å². The average molecular weight is 265 g/mol. The lowest BCUT2D eigenvalue weighted by Gasteiger charge is -2.42. The normalized spacial score (nSPS) is 22.3. The van der Waals surface area contributed by atoms with E-state index < -0.39 is 5.97 Å². The number of rotatable bonds is 2. The monoisotopic (exact) mass is 265 g/mol. The van der Waals surface area contributed by atoms with Gasteiger partial charge in [0, 0.05) is 19.2 Å². The number of carboxylic acids is 1. The second-order valence-corrected chi connectivity index (χ2v) is 5.91. The van der Waals surface area contributed by atoms with Crippen LogP contribution in [-0.4, -0.2) is 35.0 Å². The Morgan fingerprint density at radius 1 is 1.47 bits per heavy atom. The van der Waals surface area contributed by atoms with Crippen LogP contribution in [0, 0.1) is 11.3 Å². The van der Waals surface area contributed by atoms with Gasteiger partial charge in [-0.1, -0.05) is 20.8 Å². The van der Waals surface area contributed by atoms with Crippen LogP contribution in [0.5, 0.6) is 0 Å². The topological polar surface area (TPSA) is 70.8 Å². The number of aromatic carboxylic acids is 1. The summed E-state index contributed by atoms with van der Waals surface area (Å²) in [6, 6.07) is 1.29. The summed E-state index contributed by atoms with van der Waals surface area (Å²) < 4.78 is 5.06. The fourth-order valence-corrected chi connectivity index (χ4v) is 2.36. The first-order valence-electron chi connectivity index (χ1n) is 6.42. The first-order valence-corrected chi connectivity index (χ1v) is 6.42. The van der Waals surface area contributed by atoms with Crippen LogP contribution >= 0.6 is 0 Å². The van der Waals surface area contributed by atoms with Crippen molar-refractivity contribution in [3.8, 4) is 0 Å². The van der Waals surface area contributed by atoms with Crippen LogP contribution in [0.15, 0.2) is 16.7 Å². The molecule has 5 heteroatoms. The quantitative estimate of drug-likeness (QED) is 0.891. The molecule has 0 radical (unpaired) electrons. The van der Waals surface area contributed by atoms with Crippen LogP contribution in [0.25, 0.3) is 0 Å². The van der Waals surface area contributed by atoms with Crippen molar-refractivity contribution in [2.24, 2.45) is 11.3 Å². The standard InChI is InChI=1S/C14H19NO4/c1-9-4-5-15(8-14(9,2)3)12(16)11-6-10(7-19-11)13(17)18/h6-7,9H,4-5,8H2,1-3H3,(H,17,18). The summed E-state index contributed by atoms with van der Waals surface area (Å²) in [5.41, 5.74) is 0.0730. The Morgan fingerprint density at radius 2 is 2.16 bits per heavy atom. The third-order valence-corrected chi connectivity index (χ3v) is 4.11. The lowest BCUT2D eigenvalue weighted by atomic mass is 9.75. The van der Waals surface area contributed by atoms with Crippen molar-refractivity contribution in [1.82, 2.24) is 4.90 Å². The molecule has 0 aliphatic carbocycles. The molecule has 0 aromatic carbocycles. The fourth-order valence-electron chi connectivity index (χ4n) is 2.36. The lowest BCUT2D eigenvalue weighted by Crippen LogP contribution is -2.47. The van der Waals surface area contributed by atoms with Crippen molar-refractivity contribution >= 4 is 11.9 Å². The van der Waals surface area contributed by atoms with Gasteiger partial charge in [-0.05, 0) is 17.8 Å². The molecule has 1 saturated heterocycles. The molecule has 1 N–H and O–H groups in total. The number of hydrogen-bond donors (Lipinski definition) is 1. The fraction of sp³-hybridized carbons (Fsp3) is 0.571. The van der Waals surface area contributed by atoms with E-state index in [0.717, 1.165) is 12.7 Å². The highest BCUT2D eigenvalue weighted by molar-refractivity contribution is 5.95. The highest BCUT2D eigenvalue weighted by atomic mass is 16.4. The molecule has 1 aromatic heterocycles. The third kappa shape index (κ3) is 2.64. The van der Waals surface area contributed by atoms with E-state index >= 15 is 0 Å². The molecule has 2 rings (SSSR count). The molecular weight excluding hydrogens is 246 g/mol. The van der Waals surface area contributed by atoms with Crippen molar-refractivity contribution in [3.05, 3.63) is 23.7 Å². The number of amides is 1. The molecule has 19 heavy (non-hydrogen) atoms. The predicted octanol–water partition coefficient (Wildman–Crippen LogP) is 2.49. The van der Waals surface area contributed by atoms with Crippen molar-refractivity contribution in [2.45, 2.75) is 27.2 Å². The zero-order valence-corrected chi connectivity index (χ0v) is 11.5. The largest absolute Gasteiger partial charge is 0.478 e. The number of likely N-dealkylation sites (tertiary alicyclic amines) is 1. The van der Waals surface area contributed by atoms with Gasteiger partial charge in [0.2, 0.25) is 0 Å². The molecule has 2 heterocycles. The number of carbonyl (C=O) groups is 2. The Morgan fingerprint density at radius 3 is 2.68 bits per heavy atom. The number of carbonyl (C=O) groups excluding carboxylic acids is 1. The zero-order chi connectivity index (χ0) is 14.2. The summed E-state index contributed by atoms with van der Waals surface area (Å²) in [7, 11) is 0. The van der Waals surface area contributed by atoms with E-state index in [2.05, 4.69) is 20.8 Å². The second-order valence-electron chi connectivity index (χ2n) is 5.91. The van der Waals surface area contributed by atoms with Gasteiger partial charge in [-0.2, -0.15) is 0 Å². The Bertz CT molecular complexity index is 503. The molecule has 0 spiro atoms. The van der Waals surface area contributed by atoms with Gasteiger partial charge in [0.1, 0.15) is 6.26 Å². The SMILES string of the molecule is CC1CCN(C(=O)c2cc(C(=O)O)co2)CC1(C)C. The Kier molecular flexibility index (Phi) is 3.39. The van der Waals surface area contributed by atoms with E-state index in [4.69, 9.17) is 9.52 Å². The van der Waals surface area contributed by atoms with Crippen LogP contribution in [0.3, 0.4) is 0 Å². The van der Waals surface area contributed by atoms with Gasteiger partial charge in [-0.3, -0.25) is 4.79 Å². The number of nitrogens with zero attached hydrogens (tertiary/aromatic N) is 1. The van der Waals surface area contributed by atoms with Gasteiger partial charge in [0.15, 0.2) is 5.76 Å². The number of carboxylic acid groups (broad SMARTS) is 1. The molecule has 104 valence electrons. The maximum atomic E-state index is 12.3. The lowest BCUT2D eigenvalue weighted by molar-refractivity contribution is 0.0401. The van der Waals surface area contributed by atoms with Crippen LogP contribution in [0.4, 0.5) is 0 Å². The van der Waals surface area contributed by atoms with Gasteiger partial charge in [0.05, 0.1) is 5.56 Å². The van der Waals surface area contributed by atoms with Crippen molar-refractivity contribution in [3.63, 3.8) is 0 Å². The number of piperidine rings is 1. The van der Waals surface area contributed by atoms with E-state index in [0.29, 0.717) is 19.0 Å². The smallest absolute Gasteiger partial charge is 0.338 e.